The summed E-state index contributed by atoms with van der Waals surface area (Å²) >= 11 is 0. The van der Waals surface area contributed by atoms with Crippen molar-refractivity contribution in [3.63, 3.8) is 0 Å². The predicted octanol–water partition coefficient (Wildman–Crippen LogP) is 1.44. The molecule has 1 N–H and O–H groups in total. The minimum atomic E-state index is 0.0833. The van der Waals surface area contributed by atoms with Crippen molar-refractivity contribution in [2.45, 2.75) is 38.9 Å². The predicted molar refractivity (Wildman–Crippen MR) is 55.2 cm³/mol. The minimum absolute atomic E-state index is 0.0833. The molecule has 0 aliphatic carbocycles. The summed E-state index contributed by atoms with van der Waals surface area (Å²) in [6.45, 7) is 5.20. The molecule has 4 atom stereocenters. The van der Waals surface area contributed by atoms with Gasteiger partial charge in [0.1, 0.15) is 0 Å². The molecule has 0 amide bonds. The topological polar surface area (TPSA) is 38.7 Å². The van der Waals surface area contributed by atoms with Gasteiger partial charge in [0.05, 0.1) is 18.8 Å². The maximum Gasteiger partial charge on any atom is 0.0890 e. The van der Waals surface area contributed by atoms with Crippen molar-refractivity contribution < 1.29 is 14.6 Å². The highest BCUT2D eigenvalue weighted by Crippen LogP contribution is 2.31. The lowest BCUT2D eigenvalue weighted by Gasteiger charge is -2.26. The van der Waals surface area contributed by atoms with E-state index in [1.54, 1.807) is 7.11 Å². The Labute approximate surface area is 86.4 Å². The molecule has 0 bridgehead atoms. The maximum absolute atomic E-state index is 9.22. The third-order valence-corrected chi connectivity index (χ3v) is 3.31. The molecule has 1 aliphatic heterocycles. The summed E-state index contributed by atoms with van der Waals surface area (Å²) in [5.41, 5.74) is 0. The largest absolute Gasteiger partial charge is 0.396 e. The van der Waals surface area contributed by atoms with Crippen molar-refractivity contribution in [2.24, 2.45) is 11.8 Å². The second kappa shape index (κ2) is 5.69. The lowest BCUT2D eigenvalue weighted by molar-refractivity contribution is -0.0371. The molecule has 3 heteroatoms. The first-order valence-corrected chi connectivity index (χ1v) is 5.53. The van der Waals surface area contributed by atoms with Crippen LogP contribution in [0, 0.1) is 11.8 Å². The van der Waals surface area contributed by atoms with E-state index in [0.717, 1.165) is 19.4 Å². The van der Waals surface area contributed by atoms with E-state index in [-0.39, 0.29) is 24.7 Å². The molecule has 14 heavy (non-hydrogen) atoms. The van der Waals surface area contributed by atoms with Crippen LogP contribution in [0.3, 0.4) is 0 Å². The van der Waals surface area contributed by atoms with Gasteiger partial charge in [0.25, 0.3) is 0 Å². The third kappa shape index (κ3) is 2.27. The Kier molecular flexibility index (Phi) is 4.85. The Hall–Kier alpha value is -0.120. The van der Waals surface area contributed by atoms with Gasteiger partial charge in [-0.25, -0.2) is 0 Å². The molecule has 1 unspecified atom stereocenters. The third-order valence-electron chi connectivity index (χ3n) is 3.31. The second-order valence-electron chi connectivity index (χ2n) is 4.02. The molecule has 1 saturated heterocycles. The summed E-state index contributed by atoms with van der Waals surface area (Å²) in [5.74, 6) is 0.710. The van der Waals surface area contributed by atoms with Gasteiger partial charge in [-0.1, -0.05) is 13.8 Å². The van der Waals surface area contributed by atoms with E-state index in [1.807, 2.05) is 0 Å². The highest BCUT2D eigenvalue weighted by molar-refractivity contribution is 4.87. The second-order valence-corrected chi connectivity index (χ2v) is 4.02. The Balaban J connectivity index is 2.60. The number of aliphatic hydroxyl groups is 1. The molecule has 84 valence electrons. The molecule has 1 aliphatic rings. The summed E-state index contributed by atoms with van der Waals surface area (Å²) in [6.07, 6.45) is 2.27. The van der Waals surface area contributed by atoms with E-state index in [0.29, 0.717) is 5.92 Å². The van der Waals surface area contributed by atoms with Crippen LogP contribution in [-0.4, -0.2) is 37.6 Å². The van der Waals surface area contributed by atoms with Crippen molar-refractivity contribution >= 4 is 0 Å². The Morgan fingerprint density at radius 1 is 1.50 bits per heavy atom. The molecule has 0 spiro atoms. The zero-order valence-electron chi connectivity index (χ0n) is 9.40. The summed E-state index contributed by atoms with van der Waals surface area (Å²) in [6, 6.07) is 0. The van der Waals surface area contributed by atoms with E-state index in [9.17, 15) is 5.11 Å². The molecule has 0 aromatic carbocycles. The molecule has 0 aromatic rings. The molecule has 0 aromatic heterocycles. The highest BCUT2D eigenvalue weighted by Gasteiger charge is 2.39. The van der Waals surface area contributed by atoms with E-state index in [1.165, 1.54) is 0 Å². The Bertz CT molecular complexity index is 157. The lowest BCUT2D eigenvalue weighted by Crippen LogP contribution is -2.36. The molecule has 0 saturated carbocycles. The molecule has 1 rings (SSSR count). The van der Waals surface area contributed by atoms with Crippen LogP contribution in [0.25, 0.3) is 0 Å². The first-order chi connectivity index (χ1) is 6.78. The van der Waals surface area contributed by atoms with Gasteiger partial charge in [-0.05, 0) is 12.8 Å². The molecule has 3 nitrogen and oxygen atoms in total. The number of hydrogen-bond donors (Lipinski definition) is 1. The van der Waals surface area contributed by atoms with Crippen LogP contribution in [0.5, 0.6) is 0 Å². The fraction of sp³-hybridized carbons (Fsp3) is 1.00. The van der Waals surface area contributed by atoms with E-state index in [2.05, 4.69) is 13.8 Å². The van der Waals surface area contributed by atoms with Gasteiger partial charge in [0, 0.05) is 25.6 Å². The summed E-state index contributed by atoms with van der Waals surface area (Å²) in [7, 11) is 1.74. The van der Waals surface area contributed by atoms with Crippen molar-refractivity contribution in [1.29, 1.82) is 0 Å². The Morgan fingerprint density at radius 2 is 2.21 bits per heavy atom. The first kappa shape index (κ1) is 12.0. The number of ether oxygens (including phenoxy) is 2. The van der Waals surface area contributed by atoms with Crippen LogP contribution in [0.15, 0.2) is 0 Å². The fourth-order valence-corrected chi connectivity index (χ4v) is 2.24. The zero-order valence-corrected chi connectivity index (χ0v) is 9.40. The van der Waals surface area contributed by atoms with Crippen LogP contribution < -0.4 is 0 Å². The van der Waals surface area contributed by atoms with Crippen LogP contribution in [-0.2, 0) is 9.47 Å². The molecule has 1 fully saturated rings. The Morgan fingerprint density at radius 3 is 2.64 bits per heavy atom. The normalized spacial score (nSPS) is 34.7. The van der Waals surface area contributed by atoms with E-state index < -0.39 is 0 Å². The maximum atomic E-state index is 9.22. The SMILES string of the molecule is CCC(CO)[C@H]1OC[C@@H](CC)[C@@H]1OC. The number of aliphatic hydroxyl groups excluding tert-OH is 1. The van der Waals surface area contributed by atoms with Crippen LogP contribution in [0.4, 0.5) is 0 Å². The summed E-state index contributed by atoms with van der Waals surface area (Å²) in [5, 5.41) is 9.22. The van der Waals surface area contributed by atoms with Gasteiger partial charge in [-0.2, -0.15) is 0 Å². The van der Waals surface area contributed by atoms with Crippen molar-refractivity contribution in [2.75, 3.05) is 20.3 Å². The summed E-state index contributed by atoms with van der Waals surface area (Å²) in [4.78, 5) is 0. The fourth-order valence-electron chi connectivity index (χ4n) is 2.24. The smallest absolute Gasteiger partial charge is 0.0890 e. The van der Waals surface area contributed by atoms with E-state index in [4.69, 9.17) is 9.47 Å². The van der Waals surface area contributed by atoms with Gasteiger partial charge in [-0.3, -0.25) is 0 Å². The first-order valence-electron chi connectivity index (χ1n) is 5.53. The van der Waals surface area contributed by atoms with E-state index >= 15 is 0 Å². The average molecular weight is 202 g/mol. The van der Waals surface area contributed by atoms with Crippen molar-refractivity contribution in [3.05, 3.63) is 0 Å². The number of methoxy groups -OCH3 is 1. The zero-order chi connectivity index (χ0) is 10.6. The van der Waals surface area contributed by atoms with Gasteiger partial charge in [0.15, 0.2) is 0 Å². The monoisotopic (exact) mass is 202 g/mol. The molecular formula is C11H22O3. The lowest BCUT2D eigenvalue weighted by atomic mass is 9.90. The quantitative estimate of drug-likeness (QED) is 0.733. The van der Waals surface area contributed by atoms with Crippen LogP contribution >= 0.6 is 0 Å². The van der Waals surface area contributed by atoms with Gasteiger partial charge in [0.2, 0.25) is 0 Å². The molecule has 0 radical (unpaired) electrons. The van der Waals surface area contributed by atoms with Gasteiger partial charge in [-0.15, -0.1) is 0 Å². The summed E-state index contributed by atoms with van der Waals surface area (Å²) < 4.78 is 11.2. The molecule has 1 heterocycles. The van der Waals surface area contributed by atoms with Gasteiger partial charge < -0.3 is 14.6 Å². The minimum Gasteiger partial charge on any atom is -0.396 e. The van der Waals surface area contributed by atoms with Crippen LogP contribution in [0.1, 0.15) is 26.7 Å². The van der Waals surface area contributed by atoms with Gasteiger partial charge >= 0.3 is 0 Å². The van der Waals surface area contributed by atoms with Crippen LogP contribution in [0.2, 0.25) is 0 Å². The number of rotatable bonds is 5. The standard InChI is InChI=1S/C11H22O3/c1-4-8(6-12)11-10(13-3)9(5-2)7-14-11/h8-12H,4-7H2,1-3H3/t8?,9-,10+,11-/m1/s1. The van der Waals surface area contributed by atoms with Crippen molar-refractivity contribution in [3.8, 4) is 0 Å². The molecular weight excluding hydrogens is 180 g/mol. The van der Waals surface area contributed by atoms with Crippen molar-refractivity contribution in [1.82, 2.24) is 0 Å². The highest BCUT2D eigenvalue weighted by atomic mass is 16.6. The average Bonchev–Trinajstić information content (AvgIpc) is 2.62. The number of hydrogen-bond acceptors (Lipinski definition) is 3.